The second-order valence-corrected chi connectivity index (χ2v) is 10.6. The first kappa shape index (κ1) is 19.5. The molecule has 0 amide bonds. The predicted octanol–water partition coefficient (Wildman–Crippen LogP) is 6.13. The maximum Gasteiger partial charge on any atom is 0.306 e. The Morgan fingerprint density at radius 1 is 1.14 bits per heavy atom. The molecular formula is C26H36O3. The van der Waals surface area contributed by atoms with Crippen molar-refractivity contribution in [3.63, 3.8) is 0 Å². The van der Waals surface area contributed by atoms with Crippen LogP contribution in [0.25, 0.3) is 0 Å². The fourth-order valence-electron chi connectivity index (χ4n) is 7.55. The van der Waals surface area contributed by atoms with Crippen molar-refractivity contribution in [1.82, 2.24) is 0 Å². The largest absolute Gasteiger partial charge is 0.508 e. The van der Waals surface area contributed by atoms with Gasteiger partial charge in [0.1, 0.15) is 11.9 Å². The van der Waals surface area contributed by atoms with E-state index in [1.54, 1.807) is 0 Å². The molecule has 4 aliphatic carbocycles. The summed E-state index contributed by atoms with van der Waals surface area (Å²) in [4.78, 5) is 12.6. The molecule has 4 aliphatic rings. The molecular weight excluding hydrogens is 360 g/mol. The van der Waals surface area contributed by atoms with Crippen LogP contribution in [0.5, 0.6) is 5.75 Å². The van der Waals surface area contributed by atoms with E-state index in [-0.39, 0.29) is 17.5 Å². The highest BCUT2D eigenvalue weighted by atomic mass is 16.5. The first-order chi connectivity index (χ1) is 14.0. The summed E-state index contributed by atoms with van der Waals surface area (Å²) in [6.45, 7) is 2.40. The Bertz CT molecular complexity index is 765. The minimum atomic E-state index is 0.0513. The lowest BCUT2D eigenvalue weighted by molar-refractivity contribution is -0.157. The zero-order valence-corrected chi connectivity index (χ0v) is 17.9. The fourth-order valence-corrected chi connectivity index (χ4v) is 7.55. The quantitative estimate of drug-likeness (QED) is 0.623. The molecule has 0 unspecified atom stereocenters. The Labute approximate surface area is 175 Å². The van der Waals surface area contributed by atoms with Gasteiger partial charge in [0.15, 0.2) is 0 Å². The molecule has 3 fully saturated rings. The Morgan fingerprint density at radius 2 is 1.97 bits per heavy atom. The van der Waals surface area contributed by atoms with Crippen LogP contribution in [-0.4, -0.2) is 17.2 Å². The van der Waals surface area contributed by atoms with Crippen LogP contribution < -0.4 is 0 Å². The molecule has 1 aromatic carbocycles. The number of esters is 1. The zero-order valence-electron chi connectivity index (χ0n) is 17.9. The Kier molecular flexibility index (Phi) is 5.12. The second-order valence-electron chi connectivity index (χ2n) is 10.6. The Hall–Kier alpha value is -1.51. The molecule has 3 saturated carbocycles. The van der Waals surface area contributed by atoms with Gasteiger partial charge in [-0.25, -0.2) is 0 Å². The topological polar surface area (TPSA) is 46.5 Å². The van der Waals surface area contributed by atoms with E-state index >= 15 is 0 Å². The standard InChI is InChI=1S/C26H36O3/c1-26-15-14-21-20-10-8-19(27)16-18(20)7-9-22(21)23(26)11-12-24(26)29-25(28)13-6-17-4-2-3-5-17/h8,10,16-17,21-24,27H,2-7,9,11-15H2,1H3/t21-,22-,23+,24+,26+/m1/s1. The lowest BCUT2D eigenvalue weighted by Crippen LogP contribution is -2.45. The number of ether oxygens (including phenoxy) is 1. The summed E-state index contributed by atoms with van der Waals surface area (Å²) in [6, 6.07) is 6.00. The van der Waals surface area contributed by atoms with Gasteiger partial charge in [-0.15, -0.1) is 0 Å². The highest BCUT2D eigenvalue weighted by Crippen LogP contribution is 2.61. The van der Waals surface area contributed by atoms with Crippen molar-refractivity contribution in [2.75, 3.05) is 0 Å². The number of hydrogen-bond acceptors (Lipinski definition) is 3. The van der Waals surface area contributed by atoms with Gasteiger partial charge in [0, 0.05) is 11.8 Å². The van der Waals surface area contributed by atoms with Gasteiger partial charge in [-0.2, -0.15) is 0 Å². The van der Waals surface area contributed by atoms with Crippen molar-refractivity contribution < 1.29 is 14.6 Å². The van der Waals surface area contributed by atoms with E-state index in [1.165, 1.54) is 56.1 Å². The number of carbonyl (C=O) groups excluding carboxylic acids is 1. The molecule has 0 heterocycles. The molecule has 158 valence electrons. The van der Waals surface area contributed by atoms with Crippen LogP contribution >= 0.6 is 0 Å². The zero-order chi connectivity index (χ0) is 20.0. The van der Waals surface area contributed by atoms with Crippen LogP contribution in [0, 0.1) is 23.2 Å². The molecule has 1 aromatic rings. The fraction of sp³-hybridized carbons (Fsp3) is 0.731. The highest BCUT2D eigenvalue weighted by Gasteiger charge is 2.56. The lowest BCUT2D eigenvalue weighted by Gasteiger charge is -2.50. The normalized spacial score (nSPS) is 36.3. The van der Waals surface area contributed by atoms with Crippen molar-refractivity contribution in [3.8, 4) is 5.75 Å². The minimum absolute atomic E-state index is 0.0513. The molecule has 0 spiro atoms. The van der Waals surface area contributed by atoms with Gasteiger partial charge in [0.05, 0.1) is 0 Å². The molecule has 0 bridgehead atoms. The van der Waals surface area contributed by atoms with Crippen LogP contribution in [0.1, 0.15) is 94.6 Å². The van der Waals surface area contributed by atoms with Crippen LogP contribution in [0.4, 0.5) is 0 Å². The van der Waals surface area contributed by atoms with Gasteiger partial charge in [-0.05, 0) is 91.9 Å². The van der Waals surface area contributed by atoms with E-state index in [0.717, 1.165) is 31.6 Å². The van der Waals surface area contributed by atoms with Crippen LogP contribution in [0.15, 0.2) is 18.2 Å². The Morgan fingerprint density at radius 3 is 2.79 bits per heavy atom. The predicted molar refractivity (Wildman–Crippen MR) is 114 cm³/mol. The lowest BCUT2D eigenvalue weighted by atomic mass is 9.55. The van der Waals surface area contributed by atoms with E-state index in [1.807, 2.05) is 12.1 Å². The van der Waals surface area contributed by atoms with E-state index in [9.17, 15) is 9.90 Å². The number of hydrogen-bond donors (Lipinski definition) is 1. The summed E-state index contributed by atoms with van der Waals surface area (Å²) in [6.07, 6.45) is 13.9. The number of phenolic OH excluding ortho intramolecular Hbond substituents is 1. The number of carbonyl (C=O) groups is 1. The summed E-state index contributed by atoms with van der Waals surface area (Å²) < 4.78 is 6.14. The van der Waals surface area contributed by atoms with E-state index in [2.05, 4.69) is 13.0 Å². The SMILES string of the molecule is C[C@]12CC[C@@H]3c4ccc(O)cc4CC[C@H]3[C@@H]1CC[C@@H]2OC(=O)CCC1CCCC1. The minimum Gasteiger partial charge on any atom is -0.508 e. The molecule has 29 heavy (non-hydrogen) atoms. The highest BCUT2D eigenvalue weighted by molar-refractivity contribution is 5.69. The summed E-state index contributed by atoms with van der Waals surface area (Å²) >= 11 is 0. The van der Waals surface area contributed by atoms with Gasteiger partial charge in [-0.1, -0.05) is 38.7 Å². The molecule has 1 N–H and O–H groups in total. The van der Waals surface area contributed by atoms with Gasteiger partial charge in [0.25, 0.3) is 0 Å². The molecule has 3 nitrogen and oxygen atoms in total. The van der Waals surface area contributed by atoms with Gasteiger partial charge >= 0.3 is 5.97 Å². The average Bonchev–Trinajstić information content (AvgIpc) is 3.34. The summed E-state index contributed by atoms with van der Waals surface area (Å²) in [7, 11) is 0. The van der Waals surface area contributed by atoms with Crippen molar-refractivity contribution >= 4 is 5.97 Å². The van der Waals surface area contributed by atoms with E-state index in [4.69, 9.17) is 4.74 Å². The summed E-state index contributed by atoms with van der Waals surface area (Å²) in [5, 5.41) is 9.86. The van der Waals surface area contributed by atoms with Crippen molar-refractivity contribution in [1.29, 1.82) is 0 Å². The van der Waals surface area contributed by atoms with Gasteiger partial charge in [-0.3, -0.25) is 4.79 Å². The number of rotatable bonds is 4. The molecule has 0 aromatic heterocycles. The number of benzene rings is 1. The molecule has 0 aliphatic heterocycles. The average molecular weight is 397 g/mol. The van der Waals surface area contributed by atoms with Crippen molar-refractivity contribution in [2.45, 2.75) is 96.0 Å². The third kappa shape index (κ3) is 3.49. The van der Waals surface area contributed by atoms with Crippen LogP contribution in [-0.2, 0) is 16.0 Å². The van der Waals surface area contributed by atoms with Gasteiger partial charge in [0.2, 0.25) is 0 Å². The molecule has 0 radical (unpaired) electrons. The van der Waals surface area contributed by atoms with E-state index in [0.29, 0.717) is 29.9 Å². The third-order valence-electron chi connectivity index (χ3n) is 9.13. The maximum atomic E-state index is 12.6. The third-order valence-corrected chi connectivity index (χ3v) is 9.13. The number of fused-ring (bicyclic) bond motifs is 5. The Balaban J connectivity index is 1.25. The number of aromatic hydroxyl groups is 1. The molecule has 0 saturated heterocycles. The van der Waals surface area contributed by atoms with Crippen LogP contribution in [0.3, 0.4) is 0 Å². The monoisotopic (exact) mass is 396 g/mol. The number of phenols is 1. The van der Waals surface area contributed by atoms with Gasteiger partial charge < -0.3 is 9.84 Å². The van der Waals surface area contributed by atoms with Crippen molar-refractivity contribution in [3.05, 3.63) is 29.3 Å². The first-order valence-corrected chi connectivity index (χ1v) is 12.1. The maximum absolute atomic E-state index is 12.6. The summed E-state index contributed by atoms with van der Waals surface area (Å²) in [5.41, 5.74) is 2.97. The van der Waals surface area contributed by atoms with Crippen LogP contribution in [0.2, 0.25) is 0 Å². The second kappa shape index (κ2) is 7.63. The van der Waals surface area contributed by atoms with E-state index < -0.39 is 0 Å². The molecule has 5 rings (SSSR count). The summed E-state index contributed by atoms with van der Waals surface area (Å²) in [5.74, 6) is 3.19. The van der Waals surface area contributed by atoms with Crippen molar-refractivity contribution in [2.24, 2.45) is 23.2 Å². The molecule has 5 atom stereocenters. The molecule has 3 heteroatoms. The first-order valence-electron chi connectivity index (χ1n) is 12.1. The number of aryl methyl sites for hydroxylation is 1. The smallest absolute Gasteiger partial charge is 0.306 e.